The molecule has 0 fully saturated rings. The number of nitrogens with zero attached hydrogens (tertiary/aromatic N) is 1. The fourth-order valence-corrected chi connectivity index (χ4v) is 4.33. The molecule has 0 spiro atoms. The van der Waals surface area contributed by atoms with Crippen LogP contribution < -0.4 is 10.2 Å². The van der Waals surface area contributed by atoms with Gasteiger partial charge in [0.2, 0.25) is 0 Å². The van der Waals surface area contributed by atoms with Crippen LogP contribution in [0, 0.1) is 0 Å². The second-order valence-corrected chi connectivity index (χ2v) is 7.50. The molecule has 0 unspecified atom stereocenters. The summed E-state index contributed by atoms with van der Waals surface area (Å²) in [5.74, 6) is 0. The molecule has 1 aliphatic heterocycles. The molecule has 3 aromatic rings. The Morgan fingerprint density at radius 2 is 1.38 bits per heavy atom. The Bertz CT molecular complexity index is 823. The highest BCUT2D eigenvalue weighted by molar-refractivity contribution is 7.99. The zero-order valence-electron chi connectivity index (χ0n) is 14.5. The first-order chi connectivity index (χ1) is 12.8. The number of para-hydroxylation sites is 2. The molecule has 1 aliphatic rings. The molecular weight excluding hydrogens is 340 g/mol. The summed E-state index contributed by atoms with van der Waals surface area (Å²) in [6.07, 6.45) is -0.456. The highest BCUT2D eigenvalue weighted by Crippen LogP contribution is 2.47. The van der Waals surface area contributed by atoms with Gasteiger partial charge in [-0.3, -0.25) is 0 Å². The summed E-state index contributed by atoms with van der Waals surface area (Å²) in [6.45, 7) is 1.89. The summed E-state index contributed by atoms with van der Waals surface area (Å²) in [6, 6.07) is 27.0. The molecule has 0 amide bonds. The van der Waals surface area contributed by atoms with Crippen molar-refractivity contribution in [1.82, 2.24) is 5.32 Å². The van der Waals surface area contributed by atoms with Gasteiger partial charge >= 0.3 is 0 Å². The quantitative estimate of drug-likeness (QED) is 0.680. The Balaban J connectivity index is 1.45. The number of nitrogens with one attached hydrogen (secondary N) is 1. The summed E-state index contributed by atoms with van der Waals surface area (Å²) in [7, 11) is 0. The third kappa shape index (κ3) is 3.78. The molecule has 3 aromatic carbocycles. The van der Waals surface area contributed by atoms with Crippen LogP contribution in [0.2, 0.25) is 0 Å². The summed E-state index contributed by atoms with van der Waals surface area (Å²) in [5.41, 5.74) is 3.56. The summed E-state index contributed by atoms with van der Waals surface area (Å²) < 4.78 is 0. The number of hydrogen-bond acceptors (Lipinski definition) is 4. The number of β-amino-alcohol motifs (C(OH)–C–C–N with tert-alkyl or cyclic N) is 1. The molecule has 132 valence electrons. The van der Waals surface area contributed by atoms with Crippen LogP contribution in [0.5, 0.6) is 0 Å². The van der Waals surface area contributed by atoms with Crippen molar-refractivity contribution < 1.29 is 5.11 Å². The maximum Gasteiger partial charge on any atom is 0.0843 e. The lowest BCUT2D eigenvalue weighted by molar-refractivity contribution is 0.179. The van der Waals surface area contributed by atoms with E-state index in [9.17, 15) is 5.11 Å². The molecule has 0 bridgehead atoms. The molecule has 0 radical (unpaired) electrons. The second kappa shape index (κ2) is 7.96. The maximum atomic E-state index is 10.6. The number of aliphatic hydroxyl groups is 1. The SMILES string of the molecule is O[C@H](CNCc1ccccc1)CN1c2ccccc2Sc2ccccc21. The van der Waals surface area contributed by atoms with E-state index in [0.717, 1.165) is 6.54 Å². The molecule has 4 rings (SSSR count). The standard InChI is InChI=1S/C22H22N2OS/c25-18(15-23-14-17-8-2-1-3-9-17)16-24-19-10-4-6-12-21(19)26-22-13-7-5-11-20(22)24/h1-13,18,23,25H,14-16H2/t18-/m1/s1. The van der Waals surface area contributed by atoms with Crippen LogP contribution in [0.15, 0.2) is 88.7 Å². The van der Waals surface area contributed by atoms with Gasteiger partial charge in [-0.1, -0.05) is 66.4 Å². The number of anilines is 2. The average Bonchev–Trinajstić information content (AvgIpc) is 2.68. The maximum absolute atomic E-state index is 10.6. The lowest BCUT2D eigenvalue weighted by Crippen LogP contribution is -2.37. The Hall–Kier alpha value is -2.27. The Labute approximate surface area is 158 Å². The van der Waals surface area contributed by atoms with Crippen LogP contribution in [-0.4, -0.2) is 24.3 Å². The van der Waals surface area contributed by atoms with Crippen LogP contribution in [0.3, 0.4) is 0 Å². The molecule has 0 aliphatic carbocycles. The molecule has 0 aromatic heterocycles. The van der Waals surface area contributed by atoms with Crippen LogP contribution in [0.4, 0.5) is 11.4 Å². The van der Waals surface area contributed by atoms with Gasteiger partial charge in [-0.05, 0) is 29.8 Å². The minimum Gasteiger partial charge on any atom is -0.390 e. The predicted octanol–water partition coefficient (Wildman–Crippen LogP) is 4.44. The van der Waals surface area contributed by atoms with Gasteiger partial charge < -0.3 is 15.3 Å². The fraction of sp³-hybridized carbons (Fsp3) is 0.182. The number of rotatable bonds is 6. The molecule has 26 heavy (non-hydrogen) atoms. The zero-order chi connectivity index (χ0) is 17.8. The van der Waals surface area contributed by atoms with Crippen molar-refractivity contribution in [3.05, 3.63) is 84.4 Å². The molecule has 0 saturated heterocycles. The number of benzene rings is 3. The highest BCUT2D eigenvalue weighted by Gasteiger charge is 2.24. The van der Waals surface area contributed by atoms with Crippen LogP contribution >= 0.6 is 11.8 Å². The molecule has 0 saturated carbocycles. The molecule has 4 heteroatoms. The predicted molar refractivity (Wildman–Crippen MR) is 108 cm³/mol. The summed E-state index contributed by atoms with van der Waals surface area (Å²) >= 11 is 1.79. The highest BCUT2D eigenvalue weighted by atomic mass is 32.2. The lowest BCUT2D eigenvalue weighted by atomic mass is 10.2. The third-order valence-electron chi connectivity index (χ3n) is 4.48. The minimum absolute atomic E-state index is 0.456. The first kappa shape index (κ1) is 17.2. The van der Waals surface area contributed by atoms with Gasteiger partial charge in [-0.2, -0.15) is 0 Å². The topological polar surface area (TPSA) is 35.5 Å². The van der Waals surface area contributed by atoms with Gasteiger partial charge in [0.1, 0.15) is 0 Å². The summed E-state index contributed by atoms with van der Waals surface area (Å²) in [5, 5.41) is 14.0. The normalized spacial score (nSPS) is 13.8. The van der Waals surface area contributed by atoms with Crippen LogP contribution in [0.25, 0.3) is 0 Å². The van der Waals surface area contributed by atoms with E-state index in [2.05, 4.69) is 70.9 Å². The Kier molecular flexibility index (Phi) is 5.25. The van der Waals surface area contributed by atoms with Gasteiger partial charge in [0.05, 0.1) is 24.0 Å². The van der Waals surface area contributed by atoms with Crippen molar-refractivity contribution in [2.45, 2.75) is 22.4 Å². The Morgan fingerprint density at radius 3 is 2.04 bits per heavy atom. The first-order valence-corrected chi connectivity index (χ1v) is 9.69. The number of hydrogen-bond donors (Lipinski definition) is 2. The van der Waals surface area contributed by atoms with Crippen molar-refractivity contribution >= 4 is 23.1 Å². The van der Waals surface area contributed by atoms with E-state index in [1.807, 2.05) is 18.2 Å². The van der Waals surface area contributed by atoms with Crippen LogP contribution in [0.1, 0.15) is 5.56 Å². The zero-order valence-corrected chi connectivity index (χ0v) is 15.3. The largest absolute Gasteiger partial charge is 0.390 e. The minimum atomic E-state index is -0.456. The first-order valence-electron chi connectivity index (χ1n) is 8.87. The number of aliphatic hydroxyl groups excluding tert-OH is 1. The van der Waals surface area contributed by atoms with Gasteiger partial charge in [0.25, 0.3) is 0 Å². The van der Waals surface area contributed by atoms with E-state index >= 15 is 0 Å². The third-order valence-corrected chi connectivity index (χ3v) is 5.61. The van der Waals surface area contributed by atoms with E-state index in [4.69, 9.17) is 0 Å². The van der Waals surface area contributed by atoms with Gasteiger partial charge in [0, 0.05) is 22.9 Å². The molecule has 1 heterocycles. The Morgan fingerprint density at radius 1 is 0.808 bits per heavy atom. The van der Waals surface area contributed by atoms with Crippen molar-refractivity contribution in [2.75, 3.05) is 18.0 Å². The van der Waals surface area contributed by atoms with E-state index < -0.39 is 6.10 Å². The van der Waals surface area contributed by atoms with Crippen molar-refractivity contribution in [3.8, 4) is 0 Å². The van der Waals surface area contributed by atoms with Crippen molar-refractivity contribution in [1.29, 1.82) is 0 Å². The van der Waals surface area contributed by atoms with Crippen molar-refractivity contribution in [3.63, 3.8) is 0 Å². The summed E-state index contributed by atoms with van der Waals surface area (Å²) in [4.78, 5) is 4.70. The van der Waals surface area contributed by atoms with Gasteiger partial charge in [0.15, 0.2) is 0 Å². The fourth-order valence-electron chi connectivity index (χ4n) is 3.23. The van der Waals surface area contributed by atoms with Gasteiger partial charge in [-0.25, -0.2) is 0 Å². The van der Waals surface area contributed by atoms with E-state index in [-0.39, 0.29) is 0 Å². The molecular formula is C22H22N2OS. The van der Waals surface area contributed by atoms with E-state index in [1.54, 1.807) is 11.8 Å². The van der Waals surface area contributed by atoms with Gasteiger partial charge in [-0.15, -0.1) is 0 Å². The van der Waals surface area contributed by atoms with E-state index in [0.29, 0.717) is 13.1 Å². The lowest BCUT2D eigenvalue weighted by Gasteiger charge is -2.34. The van der Waals surface area contributed by atoms with Crippen LogP contribution in [-0.2, 0) is 6.54 Å². The number of fused-ring (bicyclic) bond motifs is 2. The molecule has 1 atom stereocenters. The monoisotopic (exact) mass is 362 g/mol. The second-order valence-electron chi connectivity index (χ2n) is 6.42. The molecule has 3 nitrogen and oxygen atoms in total. The molecule has 2 N–H and O–H groups in total. The smallest absolute Gasteiger partial charge is 0.0843 e. The van der Waals surface area contributed by atoms with E-state index in [1.165, 1.54) is 26.7 Å². The average molecular weight is 362 g/mol. The van der Waals surface area contributed by atoms with Crippen molar-refractivity contribution in [2.24, 2.45) is 0 Å².